The topological polar surface area (TPSA) is 40.1 Å². The van der Waals surface area contributed by atoms with Crippen molar-refractivity contribution in [1.82, 2.24) is 0 Å². The first-order valence-electron chi connectivity index (χ1n) is 2.41. The molecular formula is C4H14O2P3-. The highest BCUT2D eigenvalue weighted by Crippen LogP contribution is 2.33. The molecule has 0 rings (SSSR count). The Labute approximate surface area is 60.7 Å². The van der Waals surface area contributed by atoms with Crippen molar-refractivity contribution in [3.05, 3.63) is 0 Å². The van der Waals surface area contributed by atoms with E-state index < -0.39 is 7.37 Å². The third-order valence-corrected chi connectivity index (χ3v) is 0. The van der Waals surface area contributed by atoms with Crippen molar-refractivity contribution in [3.8, 4) is 0 Å². The summed E-state index contributed by atoms with van der Waals surface area (Å²) in [7, 11) is 0.130. The first-order valence-corrected chi connectivity index (χ1v) is 8.79. The number of hydrogen-bond donors (Lipinski definition) is 0. The average molecular weight is 187 g/mol. The summed E-state index contributed by atoms with van der Waals surface area (Å²) in [5, 5.41) is 0. The quantitative estimate of drug-likeness (QED) is 0.538. The van der Waals surface area contributed by atoms with E-state index in [1.165, 1.54) is 13.3 Å². The monoisotopic (exact) mass is 187 g/mol. The Kier molecular flexibility index (Phi) is 8.19. The average Bonchev–Trinajstić information content (AvgIpc) is 1.19. The maximum atomic E-state index is 9.66. The highest BCUT2D eigenvalue weighted by atomic mass is 32.0. The van der Waals surface area contributed by atoms with Crippen LogP contribution in [0.1, 0.15) is 0 Å². The second-order valence-corrected chi connectivity index (χ2v) is 9.75. The van der Waals surface area contributed by atoms with Gasteiger partial charge in [-0.15, -0.1) is 8.93 Å². The van der Waals surface area contributed by atoms with Crippen LogP contribution >= 0.6 is 23.9 Å². The zero-order valence-electron chi connectivity index (χ0n) is 6.29. The Bertz CT molecular complexity index is 85.0. The van der Waals surface area contributed by atoms with E-state index in [0.29, 0.717) is 7.61 Å². The van der Waals surface area contributed by atoms with Gasteiger partial charge in [0.15, 0.2) is 0 Å². The van der Waals surface area contributed by atoms with Crippen LogP contribution in [0.15, 0.2) is 0 Å². The molecule has 0 aromatic rings. The zero-order chi connectivity index (χ0) is 8.08. The Morgan fingerprint density at radius 1 is 1.44 bits per heavy atom. The van der Waals surface area contributed by atoms with Gasteiger partial charge in [0.05, 0.1) is 0 Å². The second kappa shape index (κ2) is 5.81. The molecule has 0 aromatic heterocycles. The molecule has 1 unspecified atom stereocenters. The lowest BCUT2D eigenvalue weighted by molar-refractivity contribution is -0.171. The number of rotatable bonds is 0. The summed E-state index contributed by atoms with van der Waals surface area (Å²) in [6.45, 7) is 6.76. The van der Waals surface area contributed by atoms with Crippen molar-refractivity contribution in [3.63, 3.8) is 0 Å². The normalized spacial score (nSPS) is 10.6. The smallest absolute Gasteiger partial charge is 0.00874 e. The van der Waals surface area contributed by atoms with Crippen molar-refractivity contribution in [2.45, 2.75) is 0 Å². The summed E-state index contributed by atoms with van der Waals surface area (Å²) in [6.07, 6.45) is 0. The zero-order valence-corrected chi connectivity index (χ0v) is 9.23. The summed E-state index contributed by atoms with van der Waals surface area (Å²) in [4.78, 5) is 9.66. The van der Waals surface area contributed by atoms with Gasteiger partial charge in [-0.3, -0.25) is 0 Å². The Hall–Kier alpha value is 1.05. The lowest BCUT2D eigenvalue weighted by Crippen LogP contribution is -1.93. The molecule has 0 bridgehead atoms. The third kappa shape index (κ3) is 408. The summed E-state index contributed by atoms with van der Waals surface area (Å²) < 4.78 is 9.66. The van der Waals surface area contributed by atoms with E-state index in [1.807, 2.05) is 0 Å². The number of hydrogen-bond acceptors (Lipinski definition) is 2. The van der Waals surface area contributed by atoms with Gasteiger partial charge in [0.1, 0.15) is 0 Å². The van der Waals surface area contributed by atoms with Crippen LogP contribution in [-0.4, -0.2) is 26.7 Å². The molecule has 58 valence electrons. The van der Waals surface area contributed by atoms with E-state index in [0.717, 1.165) is 0 Å². The molecule has 2 nitrogen and oxygen atoms in total. The van der Waals surface area contributed by atoms with Gasteiger partial charge >= 0.3 is 0 Å². The summed E-state index contributed by atoms with van der Waals surface area (Å²) in [5.41, 5.74) is 0. The van der Waals surface area contributed by atoms with Crippen LogP contribution in [0.3, 0.4) is 0 Å². The van der Waals surface area contributed by atoms with E-state index in [9.17, 15) is 9.46 Å². The predicted octanol–water partition coefficient (Wildman–Crippen LogP) is 1.40. The fourth-order valence-electron chi connectivity index (χ4n) is 0. The van der Waals surface area contributed by atoms with Crippen LogP contribution in [0.2, 0.25) is 0 Å². The fraction of sp³-hybridized carbons (Fsp3) is 1.00. The predicted molar refractivity (Wildman–Crippen MR) is 47.9 cm³/mol. The van der Waals surface area contributed by atoms with Crippen LogP contribution in [0, 0.1) is 0 Å². The minimum atomic E-state index is -2.89. The molecule has 0 aliphatic heterocycles. The first-order chi connectivity index (χ1) is 3.73. The van der Waals surface area contributed by atoms with E-state index in [-0.39, 0.29) is 0 Å². The standard InChI is InChI=1S/C2H7O2P.C2H8P2/c1-5(2,3)4;1-4(2)3/h1-2H3,(H,3,4);3H2,1-2H3/p-1. The van der Waals surface area contributed by atoms with Crippen molar-refractivity contribution >= 4 is 23.9 Å². The largest absolute Gasteiger partial charge is 0.800 e. The van der Waals surface area contributed by atoms with Crippen molar-refractivity contribution in [2.75, 3.05) is 26.7 Å². The highest BCUT2D eigenvalue weighted by Gasteiger charge is 1.76. The van der Waals surface area contributed by atoms with Crippen LogP contribution in [0.5, 0.6) is 0 Å². The minimum Gasteiger partial charge on any atom is -0.800 e. The van der Waals surface area contributed by atoms with E-state index >= 15 is 0 Å². The molecule has 0 saturated heterocycles. The van der Waals surface area contributed by atoms with Gasteiger partial charge in [0, 0.05) is 7.37 Å². The van der Waals surface area contributed by atoms with Gasteiger partial charge < -0.3 is 9.46 Å². The highest BCUT2D eigenvalue weighted by molar-refractivity contribution is 8.12. The van der Waals surface area contributed by atoms with Gasteiger partial charge in [-0.1, -0.05) is 7.61 Å². The van der Waals surface area contributed by atoms with Crippen molar-refractivity contribution < 1.29 is 9.46 Å². The third-order valence-electron chi connectivity index (χ3n) is 0. The van der Waals surface area contributed by atoms with Crippen molar-refractivity contribution in [1.29, 1.82) is 0 Å². The molecule has 5 heteroatoms. The molecule has 0 aliphatic carbocycles. The molecule has 0 saturated carbocycles. The molecule has 0 heterocycles. The first kappa shape index (κ1) is 12.7. The maximum Gasteiger partial charge on any atom is 0.00874 e. The molecular weight excluding hydrogens is 173 g/mol. The fourth-order valence-corrected chi connectivity index (χ4v) is 0. The second-order valence-electron chi connectivity index (χ2n) is 2.22. The minimum absolute atomic E-state index is 0.296. The summed E-state index contributed by atoms with van der Waals surface area (Å²) >= 11 is 0. The van der Waals surface area contributed by atoms with Gasteiger partial charge in [0.25, 0.3) is 0 Å². The molecule has 0 aliphatic rings. The Morgan fingerprint density at radius 3 is 1.44 bits per heavy atom. The summed E-state index contributed by atoms with van der Waals surface area (Å²) in [5.74, 6) is 0. The molecule has 0 amide bonds. The molecule has 9 heavy (non-hydrogen) atoms. The van der Waals surface area contributed by atoms with Crippen LogP contribution < -0.4 is 4.89 Å². The molecule has 0 spiro atoms. The van der Waals surface area contributed by atoms with Crippen LogP contribution in [0.25, 0.3) is 0 Å². The molecule has 0 radical (unpaired) electrons. The maximum absolute atomic E-state index is 9.66. The molecule has 0 N–H and O–H groups in total. The van der Waals surface area contributed by atoms with E-state index in [2.05, 4.69) is 22.3 Å². The Morgan fingerprint density at radius 2 is 1.44 bits per heavy atom. The lowest BCUT2D eigenvalue weighted by Gasteiger charge is -2.06. The Balaban J connectivity index is 0. The van der Waals surface area contributed by atoms with Crippen molar-refractivity contribution in [2.24, 2.45) is 0 Å². The van der Waals surface area contributed by atoms with Gasteiger partial charge in [-0.25, -0.2) is 0 Å². The van der Waals surface area contributed by atoms with Gasteiger partial charge in [-0.05, 0) is 26.7 Å². The van der Waals surface area contributed by atoms with E-state index in [1.54, 1.807) is 0 Å². The molecule has 0 fully saturated rings. The van der Waals surface area contributed by atoms with E-state index in [4.69, 9.17) is 0 Å². The summed E-state index contributed by atoms with van der Waals surface area (Å²) in [6, 6.07) is 0. The SMILES string of the molecule is CP(C)(=O)[O-].CP(C)P. The van der Waals surface area contributed by atoms with Gasteiger partial charge in [-0.2, -0.15) is 0 Å². The van der Waals surface area contributed by atoms with Crippen LogP contribution in [0.4, 0.5) is 0 Å². The molecule has 0 aromatic carbocycles. The lowest BCUT2D eigenvalue weighted by atomic mass is 11.9. The van der Waals surface area contributed by atoms with Gasteiger partial charge in [0.2, 0.25) is 0 Å². The van der Waals surface area contributed by atoms with Crippen LogP contribution in [-0.2, 0) is 4.57 Å². The molecule has 1 atom stereocenters.